The van der Waals surface area contributed by atoms with Crippen molar-refractivity contribution in [1.29, 1.82) is 0 Å². The molecule has 0 aromatic heterocycles. The van der Waals surface area contributed by atoms with Crippen LogP contribution in [0.3, 0.4) is 0 Å². The lowest BCUT2D eigenvalue weighted by molar-refractivity contribution is -0.135. The quantitative estimate of drug-likeness (QED) is 0.789. The number of carbonyl (C=O) groups excluding carboxylic acids is 2. The SMILES string of the molecule is O=C(CCC(=O)N1[C@H](CO)CC[C@H]1CO)c1ccc2ccccc2c1. The molecule has 2 atom stereocenters. The minimum atomic E-state index is -0.250. The minimum absolute atomic E-state index is 0.0700. The van der Waals surface area contributed by atoms with Gasteiger partial charge in [0.2, 0.25) is 5.91 Å². The summed E-state index contributed by atoms with van der Waals surface area (Å²) in [4.78, 5) is 26.5. The molecule has 1 aliphatic heterocycles. The van der Waals surface area contributed by atoms with Crippen LogP contribution in [0, 0.1) is 0 Å². The van der Waals surface area contributed by atoms with Crippen molar-refractivity contribution in [1.82, 2.24) is 4.90 Å². The topological polar surface area (TPSA) is 77.8 Å². The number of aliphatic hydroxyl groups excluding tert-OH is 2. The van der Waals surface area contributed by atoms with Crippen LogP contribution in [0.25, 0.3) is 10.8 Å². The van der Waals surface area contributed by atoms with Gasteiger partial charge in [-0.3, -0.25) is 9.59 Å². The fourth-order valence-corrected chi connectivity index (χ4v) is 3.58. The van der Waals surface area contributed by atoms with E-state index in [1.165, 1.54) is 0 Å². The first-order valence-electron chi connectivity index (χ1n) is 8.69. The first kappa shape index (κ1) is 17.6. The summed E-state index contributed by atoms with van der Waals surface area (Å²) in [7, 11) is 0. The molecule has 0 aliphatic carbocycles. The van der Waals surface area contributed by atoms with Gasteiger partial charge in [-0.2, -0.15) is 0 Å². The molecule has 0 bridgehead atoms. The van der Waals surface area contributed by atoms with Gasteiger partial charge in [0.15, 0.2) is 5.78 Å². The maximum Gasteiger partial charge on any atom is 0.223 e. The van der Waals surface area contributed by atoms with Crippen molar-refractivity contribution >= 4 is 22.5 Å². The molecule has 0 saturated carbocycles. The summed E-state index contributed by atoms with van der Waals surface area (Å²) in [5, 5.41) is 20.9. The van der Waals surface area contributed by atoms with Crippen molar-refractivity contribution in [3.05, 3.63) is 48.0 Å². The van der Waals surface area contributed by atoms with E-state index in [2.05, 4.69) is 0 Å². The van der Waals surface area contributed by atoms with Crippen molar-refractivity contribution in [2.24, 2.45) is 0 Å². The molecule has 1 saturated heterocycles. The number of benzene rings is 2. The Hall–Kier alpha value is -2.24. The Labute approximate surface area is 146 Å². The fourth-order valence-electron chi connectivity index (χ4n) is 3.58. The summed E-state index contributed by atoms with van der Waals surface area (Å²) >= 11 is 0. The number of aliphatic hydroxyl groups is 2. The van der Waals surface area contributed by atoms with E-state index in [1.54, 1.807) is 11.0 Å². The molecule has 132 valence electrons. The Morgan fingerprint density at radius 2 is 1.56 bits per heavy atom. The Balaban J connectivity index is 1.65. The lowest BCUT2D eigenvalue weighted by Gasteiger charge is -2.28. The highest BCUT2D eigenvalue weighted by Gasteiger charge is 2.35. The predicted molar refractivity (Wildman–Crippen MR) is 95.3 cm³/mol. The van der Waals surface area contributed by atoms with Crippen molar-refractivity contribution < 1.29 is 19.8 Å². The van der Waals surface area contributed by atoms with E-state index in [0.717, 1.165) is 10.8 Å². The van der Waals surface area contributed by atoms with Gasteiger partial charge in [-0.05, 0) is 29.7 Å². The van der Waals surface area contributed by atoms with Crippen LogP contribution in [0.4, 0.5) is 0 Å². The Bertz CT molecular complexity index is 761. The smallest absolute Gasteiger partial charge is 0.223 e. The maximum atomic E-state index is 12.5. The van der Waals surface area contributed by atoms with Gasteiger partial charge >= 0.3 is 0 Å². The first-order valence-corrected chi connectivity index (χ1v) is 8.69. The standard InChI is InChI=1S/C20H23NO4/c22-12-17-7-8-18(13-23)21(17)20(25)10-9-19(24)16-6-5-14-3-1-2-4-15(14)11-16/h1-6,11,17-18,22-23H,7-10,12-13H2/t17-,18-/m0/s1. The molecular formula is C20H23NO4. The van der Waals surface area contributed by atoms with Gasteiger partial charge in [-0.1, -0.05) is 36.4 Å². The van der Waals surface area contributed by atoms with E-state index in [-0.39, 0.29) is 49.8 Å². The zero-order chi connectivity index (χ0) is 17.8. The van der Waals surface area contributed by atoms with Crippen molar-refractivity contribution in [3.8, 4) is 0 Å². The van der Waals surface area contributed by atoms with Gasteiger partial charge < -0.3 is 15.1 Å². The Morgan fingerprint density at radius 1 is 0.920 bits per heavy atom. The molecule has 25 heavy (non-hydrogen) atoms. The normalized spacial score (nSPS) is 20.2. The second-order valence-corrected chi connectivity index (χ2v) is 6.54. The van der Waals surface area contributed by atoms with Crippen molar-refractivity contribution in [2.45, 2.75) is 37.8 Å². The molecule has 5 heteroatoms. The molecule has 1 fully saturated rings. The fraction of sp³-hybridized carbons (Fsp3) is 0.400. The zero-order valence-electron chi connectivity index (χ0n) is 14.1. The molecule has 0 radical (unpaired) electrons. The third kappa shape index (κ3) is 3.72. The predicted octanol–water partition coefficient (Wildman–Crippen LogP) is 2.15. The van der Waals surface area contributed by atoms with Crippen LogP contribution < -0.4 is 0 Å². The number of Topliss-reactive ketones (excluding diaryl/α,β-unsaturated/α-hetero) is 1. The minimum Gasteiger partial charge on any atom is -0.394 e. The number of likely N-dealkylation sites (tertiary alicyclic amines) is 1. The molecule has 0 unspecified atom stereocenters. The highest BCUT2D eigenvalue weighted by Crippen LogP contribution is 2.25. The van der Waals surface area contributed by atoms with Gasteiger partial charge in [0.25, 0.3) is 0 Å². The average Bonchev–Trinajstić information content (AvgIpc) is 3.08. The van der Waals surface area contributed by atoms with Gasteiger partial charge in [0.1, 0.15) is 0 Å². The maximum absolute atomic E-state index is 12.5. The molecule has 2 N–H and O–H groups in total. The lowest BCUT2D eigenvalue weighted by Crippen LogP contribution is -2.44. The van der Waals surface area contributed by atoms with Crippen LogP contribution in [0.15, 0.2) is 42.5 Å². The Morgan fingerprint density at radius 3 is 2.20 bits per heavy atom. The van der Waals surface area contributed by atoms with Crippen LogP contribution in [0.2, 0.25) is 0 Å². The first-order chi connectivity index (χ1) is 12.1. The van der Waals surface area contributed by atoms with Crippen LogP contribution >= 0.6 is 0 Å². The van der Waals surface area contributed by atoms with Crippen LogP contribution in [0.5, 0.6) is 0 Å². The molecule has 2 aromatic rings. The van der Waals surface area contributed by atoms with E-state index < -0.39 is 0 Å². The summed E-state index contributed by atoms with van der Waals surface area (Å²) < 4.78 is 0. The number of hydrogen-bond donors (Lipinski definition) is 2. The molecule has 1 heterocycles. The molecule has 0 spiro atoms. The molecule has 5 nitrogen and oxygen atoms in total. The second kappa shape index (κ2) is 7.76. The highest BCUT2D eigenvalue weighted by atomic mass is 16.3. The van der Waals surface area contributed by atoms with Gasteiger partial charge in [0, 0.05) is 18.4 Å². The highest BCUT2D eigenvalue weighted by molar-refractivity contribution is 6.01. The number of rotatable bonds is 6. The van der Waals surface area contributed by atoms with E-state index in [4.69, 9.17) is 0 Å². The summed E-state index contributed by atoms with van der Waals surface area (Å²) in [5.41, 5.74) is 0.602. The molecule has 3 rings (SSSR count). The summed E-state index contributed by atoms with van der Waals surface area (Å²) in [6, 6.07) is 12.9. The number of fused-ring (bicyclic) bond motifs is 1. The van der Waals surface area contributed by atoms with Crippen LogP contribution in [0.1, 0.15) is 36.0 Å². The van der Waals surface area contributed by atoms with Gasteiger partial charge in [-0.15, -0.1) is 0 Å². The third-order valence-corrected chi connectivity index (χ3v) is 4.97. The van der Waals surface area contributed by atoms with Crippen LogP contribution in [-0.2, 0) is 4.79 Å². The molecule has 2 aromatic carbocycles. The third-order valence-electron chi connectivity index (χ3n) is 4.97. The lowest BCUT2D eigenvalue weighted by atomic mass is 10.0. The number of amides is 1. The van der Waals surface area contributed by atoms with Gasteiger partial charge in [-0.25, -0.2) is 0 Å². The largest absolute Gasteiger partial charge is 0.394 e. The van der Waals surface area contributed by atoms with Crippen LogP contribution in [-0.4, -0.2) is 52.1 Å². The summed E-state index contributed by atoms with van der Waals surface area (Å²) in [6.45, 7) is -0.221. The van der Waals surface area contributed by atoms with E-state index in [9.17, 15) is 19.8 Å². The molecule has 1 amide bonds. The summed E-state index contributed by atoms with van der Waals surface area (Å²) in [5.74, 6) is -0.246. The Kier molecular flexibility index (Phi) is 5.46. The van der Waals surface area contributed by atoms with Crippen molar-refractivity contribution in [2.75, 3.05) is 13.2 Å². The number of nitrogens with zero attached hydrogens (tertiary/aromatic N) is 1. The number of ketones is 1. The summed E-state index contributed by atoms with van der Waals surface area (Å²) in [6.07, 6.45) is 1.60. The monoisotopic (exact) mass is 341 g/mol. The molecular weight excluding hydrogens is 318 g/mol. The number of hydrogen-bond acceptors (Lipinski definition) is 4. The second-order valence-electron chi connectivity index (χ2n) is 6.54. The average molecular weight is 341 g/mol. The van der Waals surface area contributed by atoms with E-state index in [1.807, 2.05) is 36.4 Å². The van der Waals surface area contributed by atoms with Gasteiger partial charge in [0.05, 0.1) is 25.3 Å². The number of carbonyl (C=O) groups is 2. The van der Waals surface area contributed by atoms with Crippen molar-refractivity contribution in [3.63, 3.8) is 0 Å². The van der Waals surface area contributed by atoms with E-state index in [0.29, 0.717) is 18.4 Å². The van der Waals surface area contributed by atoms with E-state index >= 15 is 0 Å². The zero-order valence-corrected chi connectivity index (χ0v) is 14.1. The molecule has 1 aliphatic rings.